The quantitative estimate of drug-likeness (QED) is 0.200. The van der Waals surface area contributed by atoms with Gasteiger partial charge in [-0.25, -0.2) is 0 Å². The third-order valence-corrected chi connectivity index (χ3v) is 14.5. The molecule has 0 saturated heterocycles. The lowest BCUT2D eigenvalue weighted by atomic mass is 9.46. The van der Waals surface area contributed by atoms with Crippen molar-refractivity contribution in [1.82, 2.24) is 0 Å². The first kappa shape index (κ1) is 34.7. The minimum atomic E-state index is -1.69. The second kappa shape index (κ2) is 12.6. The van der Waals surface area contributed by atoms with Crippen LogP contribution in [0, 0.1) is 46.3 Å². The van der Waals surface area contributed by atoms with Crippen LogP contribution in [-0.4, -0.2) is 37.7 Å². The fraction of sp³-hybridized carbons (Fsp3) is 0.889. The van der Waals surface area contributed by atoms with Crippen molar-refractivity contribution in [2.45, 2.75) is 151 Å². The van der Waals surface area contributed by atoms with E-state index >= 15 is 0 Å². The Labute approximate surface area is 264 Å². The van der Waals surface area contributed by atoms with Crippen LogP contribution in [0.3, 0.4) is 0 Å². The molecule has 4 rings (SSSR count). The largest absolute Gasteiger partial charge is 0.545 e. The van der Waals surface area contributed by atoms with Gasteiger partial charge in [0.05, 0.1) is 11.9 Å². The molecule has 242 valence electrons. The highest BCUT2D eigenvalue weighted by molar-refractivity contribution is 6.70. The van der Waals surface area contributed by atoms with Crippen molar-refractivity contribution in [2.24, 2.45) is 46.3 Å². The molecule has 0 heterocycles. The summed E-state index contributed by atoms with van der Waals surface area (Å²) in [4.78, 5) is 0. The summed E-state index contributed by atoms with van der Waals surface area (Å²) in [6, 6.07) is 0. The zero-order valence-electron chi connectivity index (χ0n) is 30.0. The van der Waals surface area contributed by atoms with Gasteiger partial charge in [-0.05, 0) is 162 Å². The van der Waals surface area contributed by atoms with Crippen LogP contribution in [-0.2, 0) is 13.3 Å². The predicted molar refractivity (Wildman–Crippen MR) is 188 cm³/mol. The third-order valence-electron chi connectivity index (χ3n) is 11.6. The molecule has 4 aliphatic carbocycles. The van der Waals surface area contributed by atoms with Crippen LogP contribution in [0.25, 0.3) is 0 Å². The maximum absolute atomic E-state index is 7.20. The minimum Gasteiger partial charge on any atom is -0.545 e. The number of rotatable bonds is 12. The van der Waals surface area contributed by atoms with Gasteiger partial charge in [0.25, 0.3) is 0 Å². The monoisotopic (exact) mass is 632 g/mol. The maximum Gasteiger partial charge on any atom is 0.242 e. The van der Waals surface area contributed by atoms with Crippen molar-refractivity contribution in [1.29, 1.82) is 0 Å². The lowest BCUT2D eigenvalue weighted by molar-refractivity contribution is -0.104. The Balaban J connectivity index is 1.50. The van der Waals surface area contributed by atoms with Crippen LogP contribution in [0.2, 0.25) is 58.9 Å². The van der Waals surface area contributed by atoms with Gasteiger partial charge >= 0.3 is 0 Å². The number of hydrogen-bond donors (Lipinski definition) is 0. The number of hydrogen-bond acceptors (Lipinski definition) is 3. The molecule has 0 spiro atoms. The molecule has 3 fully saturated rings. The summed E-state index contributed by atoms with van der Waals surface area (Å²) >= 11 is 0. The topological polar surface area (TPSA) is 27.7 Å². The second-order valence-electron chi connectivity index (χ2n) is 18.5. The SMILES string of the molecule is CC(CCCC(C)C1CCC2C3C(O[Si](C)(C)C)CC4=CC(O[Si](C)(C)C)=CCC4(C)C3CCC12C)CO[Si](C)(C)C. The van der Waals surface area contributed by atoms with Crippen molar-refractivity contribution in [3.05, 3.63) is 23.5 Å². The highest BCUT2D eigenvalue weighted by Gasteiger charge is 2.62. The van der Waals surface area contributed by atoms with Gasteiger partial charge in [-0.15, -0.1) is 0 Å². The van der Waals surface area contributed by atoms with E-state index in [4.69, 9.17) is 13.3 Å². The summed E-state index contributed by atoms with van der Waals surface area (Å²) in [5.74, 6) is 5.71. The van der Waals surface area contributed by atoms with Crippen molar-refractivity contribution in [3.8, 4) is 0 Å². The van der Waals surface area contributed by atoms with Crippen LogP contribution in [0.4, 0.5) is 0 Å². The van der Waals surface area contributed by atoms with Gasteiger partial charge in [-0.1, -0.05) is 46.1 Å². The van der Waals surface area contributed by atoms with E-state index in [9.17, 15) is 0 Å². The van der Waals surface area contributed by atoms with Gasteiger partial charge < -0.3 is 13.3 Å². The van der Waals surface area contributed by atoms with Crippen molar-refractivity contribution >= 4 is 25.0 Å². The van der Waals surface area contributed by atoms with E-state index < -0.39 is 25.0 Å². The molecule has 0 bridgehead atoms. The summed E-state index contributed by atoms with van der Waals surface area (Å²) in [5, 5.41) is 0. The maximum atomic E-state index is 7.20. The third kappa shape index (κ3) is 7.97. The van der Waals surface area contributed by atoms with Crippen LogP contribution < -0.4 is 0 Å². The van der Waals surface area contributed by atoms with Crippen LogP contribution in [0.15, 0.2) is 23.5 Å². The van der Waals surface area contributed by atoms with Crippen LogP contribution in [0.5, 0.6) is 0 Å². The van der Waals surface area contributed by atoms with Gasteiger partial charge in [0.2, 0.25) is 8.32 Å². The van der Waals surface area contributed by atoms with Crippen LogP contribution in [0.1, 0.15) is 85.5 Å². The highest BCUT2D eigenvalue weighted by atomic mass is 28.4. The van der Waals surface area contributed by atoms with Crippen LogP contribution >= 0.6 is 0 Å². The minimum absolute atomic E-state index is 0.259. The van der Waals surface area contributed by atoms with E-state index in [0.717, 1.165) is 48.9 Å². The summed E-state index contributed by atoms with van der Waals surface area (Å²) in [5.41, 5.74) is 2.35. The fourth-order valence-corrected chi connectivity index (χ4v) is 12.6. The standard InChI is InChI=1S/C36H68O3Si3/c1-26(25-37-40(5,6)7)15-14-16-27(2)30-17-18-31-34-32(20-22-36(30,31)4)35(3)21-19-29(38-41(8,9)10)23-28(35)24-33(34)39-42(11,12)13/h19,23,26-27,30-34H,14-18,20-22,24-25H2,1-13H3. The van der Waals surface area contributed by atoms with Crippen molar-refractivity contribution in [2.75, 3.05) is 6.61 Å². The first-order valence-corrected chi connectivity index (χ1v) is 27.9. The van der Waals surface area contributed by atoms with E-state index in [0.29, 0.717) is 23.4 Å². The van der Waals surface area contributed by atoms with Crippen molar-refractivity contribution in [3.63, 3.8) is 0 Å². The molecule has 0 aromatic rings. The summed E-state index contributed by atoms with van der Waals surface area (Å²) in [6.07, 6.45) is 17.2. The highest BCUT2D eigenvalue weighted by Crippen LogP contribution is 2.68. The molecule has 0 aromatic carbocycles. The first-order valence-electron chi connectivity index (χ1n) is 17.6. The fourth-order valence-electron chi connectivity index (χ4n) is 9.77. The average Bonchev–Trinajstić information content (AvgIpc) is 3.18. The van der Waals surface area contributed by atoms with Crippen molar-refractivity contribution < 1.29 is 13.3 Å². The Kier molecular flexibility index (Phi) is 10.4. The Morgan fingerprint density at radius 2 is 1.55 bits per heavy atom. The zero-order valence-corrected chi connectivity index (χ0v) is 33.0. The zero-order chi connectivity index (χ0) is 31.3. The first-order chi connectivity index (χ1) is 19.2. The average molecular weight is 633 g/mol. The van der Waals surface area contributed by atoms with E-state index in [-0.39, 0.29) is 5.41 Å². The number of allylic oxidation sites excluding steroid dienone is 2. The Bertz CT molecular complexity index is 1000. The predicted octanol–water partition coefficient (Wildman–Crippen LogP) is 11.0. The summed E-state index contributed by atoms with van der Waals surface area (Å²) < 4.78 is 20.0. The molecule has 0 radical (unpaired) electrons. The second-order valence-corrected chi connectivity index (χ2v) is 31.9. The molecule has 6 heteroatoms. The molecular weight excluding hydrogens is 565 g/mol. The molecule has 0 N–H and O–H groups in total. The molecule has 0 aliphatic heterocycles. The molecule has 3 nitrogen and oxygen atoms in total. The molecular formula is C36H68O3Si3. The smallest absolute Gasteiger partial charge is 0.242 e. The molecule has 42 heavy (non-hydrogen) atoms. The lowest BCUT2D eigenvalue weighted by Gasteiger charge is -2.61. The molecule has 4 aliphatic rings. The molecule has 3 saturated carbocycles. The van der Waals surface area contributed by atoms with Gasteiger partial charge in [-0.2, -0.15) is 0 Å². The van der Waals surface area contributed by atoms with Gasteiger partial charge in [0, 0.05) is 6.61 Å². The van der Waals surface area contributed by atoms with Gasteiger partial charge in [0.15, 0.2) is 16.6 Å². The summed E-state index contributed by atoms with van der Waals surface area (Å²) in [6.45, 7) is 32.3. The Morgan fingerprint density at radius 3 is 2.17 bits per heavy atom. The molecule has 0 aromatic heterocycles. The Hall–Kier alpha value is -0.149. The molecule has 9 unspecified atom stereocenters. The Morgan fingerprint density at radius 1 is 0.857 bits per heavy atom. The van der Waals surface area contributed by atoms with Gasteiger partial charge in [0.1, 0.15) is 0 Å². The van der Waals surface area contributed by atoms with E-state index in [1.807, 2.05) is 0 Å². The normalized spacial score (nSPS) is 36.7. The number of fused-ring (bicyclic) bond motifs is 5. The van der Waals surface area contributed by atoms with E-state index in [1.165, 1.54) is 44.9 Å². The summed E-state index contributed by atoms with van der Waals surface area (Å²) in [7, 11) is -4.73. The molecule has 0 amide bonds. The van der Waals surface area contributed by atoms with Gasteiger partial charge in [-0.3, -0.25) is 0 Å². The lowest BCUT2D eigenvalue weighted by Crippen LogP contribution is -2.57. The van der Waals surface area contributed by atoms with E-state index in [1.54, 1.807) is 5.57 Å². The van der Waals surface area contributed by atoms with E-state index in [2.05, 4.69) is 98.8 Å². The molecule has 9 atom stereocenters.